The third-order valence-electron chi connectivity index (χ3n) is 6.30. The van der Waals surface area contributed by atoms with Crippen LogP contribution in [0.5, 0.6) is 5.75 Å². The Morgan fingerprint density at radius 3 is 2.47 bits per heavy atom. The van der Waals surface area contributed by atoms with Crippen LogP contribution >= 0.6 is 0 Å². The van der Waals surface area contributed by atoms with Crippen molar-refractivity contribution in [1.29, 1.82) is 0 Å². The van der Waals surface area contributed by atoms with E-state index in [4.69, 9.17) is 9.47 Å². The van der Waals surface area contributed by atoms with Crippen molar-refractivity contribution in [2.75, 3.05) is 30.4 Å². The number of halogens is 2. The molecule has 12 nitrogen and oxygen atoms in total. The van der Waals surface area contributed by atoms with Crippen molar-refractivity contribution in [3.05, 3.63) is 66.1 Å². The maximum absolute atomic E-state index is 14.6. The van der Waals surface area contributed by atoms with E-state index in [9.17, 15) is 26.8 Å². The second-order valence-corrected chi connectivity index (χ2v) is 12.2. The molecule has 0 spiro atoms. The molecule has 3 aromatic rings. The molecular formula is C28H32F2N6O6S. The number of methoxy groups -OCH3 is 1. The van der Waals surface area contributed by atoms with Gasteiger partial charge in [0.1, 0.15) is 28.7 Å². The number of benzene rings is 2. The molecule has 1 fully saturated rings. The van der Waals surface area contributed by atoms with E-state index in [1.165, 1.54) is 43.8 Å². The van der Waals surface area contributed by atoms with Crippen LogP contribution in [0.3, 0.4) is 0 Å². The highest BCUT2D eigenvalue weighted by Gasteiger charge is 2.28. The number of piperidine rings is 1. The summed E-state index contributed by atoms with van der Waals surface area (Å²) in [4.78, 5) is 35.2. The van der Waals surface area contributed by atoms with Gasteiger partial charge in [0.15, 0.2) is 0 Å². The van der Waals surface area contributed by atoms with E-state index in [1.54, 1.807) is 26.8 Å². The molecule has 0 bridgehead atoms. The van der Waals surface area contributed by atoms with Crippen molar-refractivity contribution in [1.82, 2.24) is 19.4 Å². The largest absolute Gasteiger partial charge is 0.496 e. The monoisotopic (exact) mass is 618 g/mol. The van der Waals surface area contributed by atoms with Crippen LogP contribution in [-0.2, 0) is 14.9 Å². The molecular weight excluding hydrogens is 586 g/mol. The fourth-order valence-corrected chi connectivity index (χ4v) is 5.48. The summed E-state index contributed by atoms with van der Waals surface area (Å²) >= 11 is 0. The number of rotatable bonds is 8. The summed E-state index contributed by atoms with van der Waals surface area (Å²) in [7, 11) is -2.79. The Morgan fingerprint density at radius 2 is 1.79 bits per heavy atom. The lowest BCUT2D eigenvalue weighted by Crippen LogP contribution is -2.50. The van der Waals surface area contributed by atoms with Gasteiger partial charge in [-0.3, -0.25) is 9.78 Å². The normalized spacial score (nSPS) is 14.2. The Kier molecular flexibility index (Phi) is 9.45. The van der Waals surface area contributed by atoms with Crippen molar-refractivity contribution in [3.8, 4) is 17.0 Å². The summed E-state index contributed by atoms with van der Waals surface area (Å²) in [6.07, 6.45) is 2.13. The van der Waals surface area contributed by atoms with E-state index >= 15 is 0 Å². The maximum Gasteiger partial charge on any atom is 0.422 e. The van der Waals surface area contributed by atoms with Crippen LogP contribution in [0.4, 0.5) is 25.0 Å². The lowest BCUT2D eigenvalue weighted by molar-refractivity contribution is 0.0569. The van der Waals surface area contributed by atoms with Gasteiger partial charge in [-0.15, -0.1) is 0 Å². The average molecular weight is 619 g/mol. The maximum atomic E-state index is 14.6. The quantitative estimate of drug-likeness (QED) is 0.340. The summed E-state index contributed by atoms with van der Waals surface area (Å²) in [5.74, 6) is -1.69. The second-order valence-electron chi connectivity index (χ2n) is 10.7. The molecule has 1 aliphatic heterocycles. The van der Waals surface area contributed by atoms with Crippen LogP contribution in [0.1, 0.15) is 44.1 Å². The Labute approximate surface area is 248 Å². The lowest BCUT2D eigenvalue weighted by Gasteiger charge is -2.34. The van der Waals surface area contributed by atoms with E-state index in [0.29, 0.717) is 31.6 Å². The zero-order chi connectivity index (χ0) is 31.4. The first-order valence-corrected chi connectivity index (χ1v) is 14.8. The van der Waals surface area contributed by atoms with Crippen LogP contribution in [-0.4, -0.2) is 62.2 Å². The van der Waals surface area contributed by atoms with Gasteiger partial charge in [0.2, 0.25) is 0 Å². The third-order valence-corrected chi connectivity index (χ3v) is 7.38. The zero-order valence-corrected chi connectivity index (χ0v) is 24.8. The molecule has 2 heterocycles. The number of aromatic nitrogens is 2. The number of carbonyl (C=O) groups is 2. The fraction of sp³-hybridized carbons (Fsp3) is 0.357. The molecule has 0 saturated carbocycles. The van der Waals surface area contributed by atoms with E-state index in [1.807, 2.05) is 9.62 Å². The molecule has 15 heteroatoms. The highest BCUT2D eigenvalue weighted by atomic mass is 32.2. The summed E-state index contributed by atoms with van der Waals surface area (Å²) < 4.78 is 68.1. The number of hydrogen-bond donors (Lipinski definition) is 3. The molecule has 1 aromatic heterocycles. The van der Waals surface area contributed by atoms with Crippen LogP contribution in [0.2, 0.25) is 0 Å². The molecule has 230 valence electrons. The smallest absolute Gasteiger partial charge is 0.422 e. The van der Waals surface area contributed by atoms with Gasteiger partial charge in [0, 0.05) is 19.1 Å². The van der Waals surface area contributed by atoms with Crippen molar-refractivity contribution in [3.63, 3.8) is 0 Å². The Balaban J connectivity index is 1.45. The molecule has 43 heavy (non-hydrogen) atoms. The molecule has 0 atom stereocenters. The summed E-state index contributed by atoms with van der Waals surface area (Å²) in [6, 6.07) is 7.69. The molecule has 3 N–H and O–H groups in total. The standard InChI is InChI=1S/C28H32F2N6O6S/c1-28(2,3)42-27(38)35-43(39,40)34-18-10-12-36(13-11-18)23-9-8-17(29)14-20(23)33-26(37)22-16-31-15-21(32-22)25-19(30)6-5-7-24(25)41-4/h5-9,14-16,18,34H,10-13H2,1-4H3,(H,33,37)(H,35,38). The van der Waals surface area contributed by atoms with E-state index in [2.05, 4.69) is 20.0 Å². The van der Waals surface area contributed by atoms with Crippen molar-refractivity contribution < 1.29 is 36.3 Å². The summed E-state index contributed by atoms with van der Waals surface area (Å²) in [5.41, 5.74) is -0.223. The number of ether oxygens (including phenoxy) is 2. The predicted molar refractivity (Wildman–Crippen MR) is 155 cm³/mol. The predicted octanol–water partition coefficient (Wildman–Crippen LogP) is 4.01. The molecule has 4 rings (SSSR count). The van der Waals surface area contributed by atoms with Gasteiger partial charge in [0.05, 0.1) is 42.1 Å². The van der Waals surface area contributed by atoms with Crippen LogP contribution in [0, 0.1) is 11.6 Å². The van der Waals surface area contributed by atoms with Gasteiger partial charge in [-0.1, -0.05) is 6.07 Å². The number of carbonyl (C=O) groups excluding carboxylic acids is 2. The van der Waals surface area contributed by atoms with Crippen molar-refractivity contribution in [2.24, 2.45) is 0 Å². The van der Waals surface area contributed by atoms with Gasteiger partial charge in [-0.25, -0.2) is 23.3 Å². The van der Waals surface area contributed by atoms with Gasteiger partial charge in [-0.2, -0.15) is 13.1 Å². The van der Waals surface area contributed by atoms with Gasteiger partial charge >= 0.3 is 16.3 Å². The van der Waals surface area contributed by atoms with Crippen molar-refractivity contribution >= 4 is 33.6 Å². The Hall–Kier alpha value is -4.37. The minimum Gasteiger partial charge on any atom is -0.496 e. The molecule has 0 unspecified atom stereocenters. The third kappa shape index (κ3) is 8.35. The first kappa shape index (κ1) is 31.6. The first-order valence-electron chi connectivity index (χ1n) is 13.3. The fourth-order valence-electron chi connectivity index (χ4n) is 4.49. The summed E-state index contributed by atoms with van der Waals surface area (Å²) in [5, 5.41) is 2.66. The molecule has 1 aliphatic rings. The van der Waals surface area contributed by atoms with E-state index < -0.39 is 45.5 Å². The number of nitrogens with zero attached hydrogens (tertiary/aromatic N) is 3. The number of hydrogen-bond acceptors (Lipinski definition) is 9. The van der Waals surface area contributed by atoms with Crippen LogP contribution < -0.4 is 24.4 Å². The van der Waals surface area contributed by atoms with Gasteiger partial charge in [-0.05, 0) is 63.9 Å². The van der Waals surface area contributed by atoms with E-state index in [-0.39, 0.29) is 28.4 Å². The molecule has 0 radical (unpaired) electrons. The minimum atomic E-state index is -4.17. The Bertz CT molecular complexity index is 1610. The van der Waals surface area contributed by atoms with Crippen LogP contribution in [0.25, 0.3) is 11.3 Å². The molecule has 1 saturated heterocycles. The minimum absolute atomic E-state index is 0.0402. The average Bonchev–Trinajstić information content (AvgIpc) is 2.92. The second kappa shape index (κ2) is 12.9. The van der Waals surface area contributed by atoms with Crippen molar-refractivity contribution in [2.45, 2.75) is 45.3 Å². The highest BCUT2D eigenvalue weighted by Crippen LogP contribution is 2.32. The topological polar surface area (TPSA) is 152 Å². The summed E-state index contributed by atoms with van der Waals surface area (Å²) in [6.45, 7) is 5.56. The van der Waals surface area contributed by atoms with Gasteiger partial charge in [0.25, 0.3) is 5.91 Å². The van der Waals surface area contributed by atoms with Crippen LogP contribution in [0.15, 0.2) is 48.8 Å². The highest BCUT2D eigenvalue weighted by molar-refractivity contribution is 7.88. The van der Waals surface area contributed by atoms with E-state index in [0.717, 1.165) is 6.07 Å². The van der Waals surface area contributed by atoms with Gasteiger partial charge < -0.3 is 19.7 Å². The molecule has 2 amide bonds. The Morgan fingerprint density at radius 1 is 1.07 bits per heavy atom. The first-order chi connectivity index (χ1) is 20.2. The molecule has 2 aromatic carbocycles. The number of anilines is 2. The number of amides is 2. The zero-order valence-electron chi connectivity index (χ0n) is 24.0. The lowest BCUT2D eigenvalue weighted by atomic mass is 10.0. The molecule has 0 aliphatic carbocycles. The number of nitrogens with one attached hydrogen (secondary N) is 3. The SMILES string of the molecule is COc1cccc(F)c1-c1cncc(C(=O)Nc2cc(F)ccc2N2CCC(NS(=O)(=O)NC(=O)OC(C)(C)C)CC2)n1.